The van der Waals surface area contributed by atoms with Crippen LogP contribution in [0.3, 0.4) is 0 Å². The van der Waals surface area contributed by atoms with E-state index >= 15 is 0 Å². The second kappa shape index (κ2) is 7.05. The van der Waals surface area contributed by atoms with Crippen molar-refractivity contribution in [1.82, 2.24) is 9.97 Å². The van der Waals surface area contributed by atoms with Gasteiger partial charge in [0.25, 0.3) is 5.91 Å². The summed E-state index contributed by atoms with van der Waals surface area (Å²) in [6.45, 7) is -0.255. The van der Waals surface area contributed by atoms with Gasteiger partial charge in [0.1, 0.15) is 11.4 Å². The Balaban J connectivity index is 2.25. The number of carbonyl (C=O) groups excluding carboxylic acids is 1. The van der Waals surface area contributed by atoms with Crippen LogP contribution in [0.5, 0.6) is 5.75 Å². The monoisotopic (exact) mass is 332 g/mol. The van der Waals surface area contributed by atoms with Gasteiger partial charge in [0.05, 0.1) is 4.92 Å². The van der Waals surface area contributed by atoms with E-state index in [1.807, 2.05) is 0 Å². The van der Waals surface area contributed by atoms with E-state index < -0.39 is 27.8 Å². The minimum absolute atomic E-state index is 0.220. The number of hydrogen-bond donors (Lipinski definition) is 3. The molecule has 0 aliphatic heterocycles. The van der Waals surface area contributed by atoms with Gasteiger partial charge in [-0.15, -0.1) is 0 Å². The fourth-order valence-corrected chi connectivity index (χ4v) is 1.81. The molecule has 0 radical (unpaired) electrons. The predicted molar refractivity (Wildman–Crippen MR) is 84.4 cm³/mol. The Labute approximate surface area is 133 Å². The van der Waals surface area contributed by atoms with E-state index in [1.54, 1.807) is 29.2 Å². The number of aromatic amines is 2. The maximum atomic E-state index is 11.5. The van der Waals surface area contributed by atoms with Crippen LogP contribution >= 0.6 is 0 Å². The lowest BCUT2D eigenvalue weighted by Gasteiger charge is -2.03. The van der Waals surface area contributed by atoms with Crippen LogP contribution in [-0.2, 0) is 4.79 Å². The van der Waals surface area contributed by atoms with Crippen molar-refractivity contribution in [2.45, 2.75) is 0 Å². The third kappa shape index (κ3) is 4.16. The van der Waals surface area contributed by atoms with E-state index in [0.29, 0.717) is 11.3 Å². The summed E-state index contributed by atoms with van der Waals surface area (Å²) < 4.78 is 5.09. The van der Waals surface area contributed by atoms with Crippen LogP contribution < -0.4 is 21.7 Å². The molecule has 10 nitrogen and oxygen atoms in total. The number of carbonyl (C=O) groups is 1. The summed E-state index contributed by atoms with van der Waals surface area (Å²) in [7, 11) is 0. The molecule has 0 aliphatic rings. The molecule has 0 spiro atoms. The number of rotatable bonds is 6. The Morgan fingerprint density at radius 2 is 1.88 bits per heavy atom. The first kappa shape index (κ1) is 16.7. The van der Waals surface area contributed by atoms with Crippen molar-refractivity contribution < 1.29 is 14.5 Å². The first-order valence-corrected chi connectivity index (χ1v) is 6.57. The zero-order valence-corrected chi connectivity index (χ0v) is 12.1. The molecule has 1 aromatic heterocycles. The highest BCUT2D eigenvalue weighted by Gasteiger charge is 2.18. The third-order valence-corrected chi connectivity index (χ3v) is 2.83. The van der Waals surface area contributed by atoms with Gasteiger partial charge in [0.2, 0.25) is 0 Å². The molecule has 1 heterocycles. The number of nitrogens with one attached hydrogen (secondary N) is 2. The SMILES string of the molecule is NC(=O)COc1ccc(C=Cc2[nH]c(=O)[nH]c(=O)c2[N+](=O)[O-])cc1. The fraction of sp³-hybridized carbons (Fsp3) is 0.0714. The van der Waals surface area contributed by atoms with E-state index in [9.17, 15) is 24.5 Å². The smallest absolute Gasteiger partial charge is 0.357 e. The molecule has 0 saturated heterocycles. The van der Waals surface area contributed by atoms with Crippen molar-refractivity contribution in [3.63, 3.8) is 0 Å². The molecule has 0 atom stereocenters. The van der Waals surface area contributed by atoms with Crippen molar-refractivity contribution >= 4 is 23.7 Å². The number of amides is 1. The molecule has 2 rings (SSSR count). The zero-order chi connectivity index (χ0) is 17.7. The second-order valence-corrected chi connectivity index (χ2v) is 4.58. The minimum atomic E-state index is -1.08. The van der Waals surface area contributed by atoms with Crippen LogP contribution in [-0.4, -0.2) is 27.4 Å². The number of aromatic nitrogens is 2. The van der Waals surface area contributed by atoms with Crippen molar-refractivity contribution in [3.05, 3.63) is 66.5 Å². The zero-order valence-electron chi connectivity index (χ0n) is 12.1. The van der Waals surface area contributed by atoms with Gasteiger partial charge in [-0.3, -0.25) is 24.7 Å². The van der Waals surface area contributed by atoms with E-state index in [4.69, 9.17) is 10.5 Å². The number of primary amides is 1. The van der Waals surface area contributed by atoms with Crippen LogP contribution in [0.2, 0.25) is 0 Å². The molecule has 124 valence electrons. The van der Waals surface area contributed by atoms with Gasteiger partial charge in [-0.2, -0.15) is 0 Å². The predicted octanol–water partition coefficient (Wildman–Crippen LogP) is 0.00590. The van der Waals surface area contributed by atoms with E-state index in [1.165, 1.54) is 12.2 Å². The molecule has 0 aliphatic carbocycles. The number of H-pyrrole nitrogens is 2. The Morgan fingerprint density at radius 1 is 1.21 bits per heavy atom. The summed E-state index contributed by atoms with van der Waals surface area (Å²) >= 11 is 0. The average molecular weight is 332 g/mol. The molecular formula is C14H12N4O6. The largest absolute Gasteiger partial charge is 0.484 e. The van der Waals surface area contributed by atoms with Gasteiger partial charge in [-0.05, 0) is 23.8 Å². The Morgan fingerprint density at radius 3 is 2.46 bits per heavy atom. The number of nitro groups is 1. The molecule has 0 bridgehead atoms. The minimum Gasteiger partial charge on any atom is -0.484 e. The Hall–Kier alpha value is -3.69. The molecule has 24 heavy (non-hydrogen) atoms. The number of nitrogens with zero attached hydrogens (tertiary/aromatic N) is 1. The Bertz CT molecular complexity index is 910. The number of benzene rings is 1. The van der Waals surface area contributed by atoms with Crippen LogP contribution in [0.15, 0.2) is 33.9 Å². The highest BCUT2D eigenvalue weighted by Crippen LogP contribution is 2.16. The molecule has 0 fully saturated rings. The topological polar surface area (TPSA) is 161 Å². The summed E-state index contributed by atoms with van der Waals surface area (Å²) in [5.74, 6) is -0.189. The lowest BCUT2D eigenvalue weighted by atomic mass is 10.2. The highest BCUT2D eigenvalue weighted by atomic mass is 16.6. The summed E-state index contributed by atoms with van der Waals surface area (Å²) in [5.41, 5.74) is 2.67. The van der Waals surface area contributed by atoms with Gasteiger partial charge in [-0.25, -0.2) is 4.79 Å². The van der Waals surface area contributed by atoms with E-state index in [0.717, 1.165) is 0 Å². The molecule has 1 amide bonds. The lowest BCUT2D eigenvalue weighted by molar-refractivity contribution is -0.386. The second-order valence-electron chi connectivity index (χ2n) is 4.58. The summed E-state index contributed by atoms with van der Waals surface area (Å²) in [4.78, 5) is 47.4. The lowest BCUT2D eigenvalue weighted by Crippen LogP contribution is -2.25. The quantitative estimate of drug-likeness (QED) is 0.498. The van der Waals surface area contributed by atoms with E-state index in [-0.39, 0.29) is 12.3 Å². The third-order valence-electron chi connectivity index (χ3n) is 2.83. The molecule has 4 N–H and O–H groups in total. The summed E-state index contributed by atoms with van der Waals surface area (Å²) in [6.07, 6.45) is 2.71. The van der Waals surface area contributed by atoms with Crippen LogP contribution in [0.1, 0.15) is 11.3 Å². The molecule has 1 aromatic carbocycles. The molecule has 2 aromatic rings. The van der Waals surface area contributed by atoms with Crippen molar-refractivity contribution in [1.29, 1.82) is 0 Å². The number of ether oxygens (including phenoxy) is 1. The maximum absolute atomic E-state index is 11.5. The Kier molecular flexibility index (Phi) is 4.90. The molecule has 10 heteroatoms. The highest BCUT2D eigenvalue weighted by molar-refractivity contribution is 5.75. The van der Waals surface area contributed by atoms with E-state index in [2.05, 4.69) is 4.98 Å². The summed E-state index contributed by atoms with van der Waals surface area (Å²) in [6, 6.07) is 6.36. The normalized spacial score (nSPS) is 10.7. The van der Waals surface area contributed by atoms with Crippen molar-refractivity contribution in [3.8, 4) is 5.75 Å². The van der Waals surface area contributed by atoms with Crippen LogP contribution in [0.25, 0.3) is 12.2 Å². The van der Waals surface area contributed by atoms with Gasteiger partial charge in [0.15, 0.2) is 6.61 Å². The number of nitrogens with two attached hydrogens (primary N) is 1. The van der Waals surface area contributed by atoms with Gasteiger partial charge >= 0.3 is 16.9 Å². The molecule has 0 saturated carbocycles. The fourth-order valence-electron chi connectivity index (χ4n) is 1.81. The standard InChI is InChI=1S/C14H12N4O6/c15-11(19)7-24-9-4-1-8(2-5-9)3-6-10-12(18(22)23)13(20)17-14(21)16-10/h1-6H,7H2,(H2,15,19)(H2,16,17,20,21). The number of hydrogen-bond acceptors (Lipinski definition) is 6. The van der Waals surface area contributed by atoms with Crippen LogP contribution in [0, 0.1) is 10.1 Å². The maximum Gasteiger partial charge on any atom is 0.357 e. The average Bonchev–Trinajstić information content (AvgIpc) is 2.50. The van der Waals surface area contributed by atoms with Crippen molar-refractivity contribution in [2.75, 3.05) is 6.61 Å². The van der Waals surface area contributed by atoms with Crippen molar-refractivity contribution in [2.24, 2.45) is 5.73 Å². The van der Waals surface area contributed by atoms with Crippen LogP contribution in [0.4, 0.5) is 5.69 Å². The first-order valence-electron chi connectivity index (χ1n) is 6.57. The van der Waals surface area contributed by atoms with Gasteiger partial charge in [-0.1, -0.05) is 18.2 Å². The summed E-state index contributed by atoms with van der Waals surface area (Å²) in [5, 5.41) is 10.9. The molecule has 0 unspecified atom stereocenters. The molecular weight excluding hydrogens is 320 g/mol. The van der Waals surface area contributed by atoms with Gasteiger partial charge < -0.3 is 15.5 Å². The van der Waals surface area contributed by atoms with Gasteiger partial charge in [0, 0.05) is 0 Å². The first-order chi connectivity index (χ1) is 11.4.